The number of anilines is 2. The summed E-state index contributed by atoms with van der Waals surface area (Å²) in [6.07, 6.45) is 0.119. The molecule has 200 valence electrons. The van der Waals surface area contributed by atoms with Crippen molar-refractivity contribution in [2.24, 2.45) is 0 Å². The monoisotopic (exact) mass is 560 g/mol. The molecule has 3 N–H and O–H groups in total. The lowest BCUT2D eigenvalue weighted by Crippen LogP contribution is -2.34. The number of amides is 2. The number of rotatable bonds is 6. The van der Waals surface area contributed by atoms with Gasteiger partial charge in [-0.1, -0.05) is 23.2 Å². The topological polar surface area (TPSA) is 114 Å². The Morgan fingerprint density at radius 1 is 1.08 bits per heavy atom. The average Bonchev–Trinajstić information content (AvgIpc) is 3.12. The SMILES string of the molecule is C[C@@H](Oc1cc(C(=O)Nc2ccc(C(=O)N3CCCN(C)CC3)cc2)nnc1N)c1c(Cl)ccc(F)c1Cl. The highest BCUT2D eigenvalue weighted by Crippen LogP contribution is 2.35. The van der Waals surface area contributed by atoms with Gasteiger partial charge < -0.3 is 25.6 Å². The minimum absolute atomic E-state index is 0.0445. The van der Waals surface area contributed by atoms with Gasteiger partial charge in [0.05, 0.1) is 5.02 Å². The van der Waals surface area contributed by atoms with Crippen molar-refractivity contribution in [3.63, 3.8) is 0 Å². The third-order valence-electron chi connectivity index (χ3n) is 6.20. The van der Waals surface area contributed by atoms with Crippen LogP contribution in [0.15, 0.2) is 42.5 Å². The van der Waals surface area contributed by atoms with Crippen molar-refractivity contribution < 1.29 is 18.7 Å². The zero-order valence-electron chi connectivity index (χ0n) is 20.9. The van der Waals surface area contributed by atoms with Gasteiger partial charge >= 0.3 is 0 Å². The Balaban J connectivity index is 1.44. The second-order valence-electron chi connectivity index (χ2n) is 8.98. The lowest BCUT2D eigenvalue weighted by Gasteiger charge is -2.20. The number of nitrogen functional groups attached to an aromatic ring is 1. The Bertz CT molecular complexity index is 1340. The molecule has 3 aromatic rings. The van der Waals surface area contributed by atoms with E-state index in [1.807, 2.05) is 11.9 Å². The lowest BCUT2D eigenvalue weighted by molar-refractivity contribution is 0.0762. The number of benzene rings is 2. The van der Waals surface area contributed by atoms with Crippen LogP contribution in [0, 0.1) is 5.82 Å². The fourth-order valence-corrected chi connectivity index (χ4v) is 4.76. The average molecular weight is 561 g/mol. The third kappa shape index (κ3) is 6.32. The van der Waals surface area contributed by atoms with Gasteiger partial charge in [0, 0.05) is 47.5 Å². The summed E-state index contributed by atoms with van der Waals surface area (Å²) in [5.74, 6) is -1.27. The Kier molecular flexibility index (Phi) is 8.65. The maximum Gasteiger partial charge on any atom is 0.276 e. The first-order chi connectivity index (χ1) is 18.1. The molecule has 2 amide bonds. The normalized spacial score (nSPS) is 15.0. The first-order valence-corrected chi connectivity index (χ1v) is 12.7. The standard InChI is InChI=1S/C26H27Cl2FN6O3/c1-15(22-18(27)8-9-19(29)23(22)28)38-21-14-20(32-33-24(21)30)25(36)31-17-6-4-16(5-7-17)26(37)35-11-3-10-34(2)12-13-35/h4-9,14-15H,3,10-13H2,1-2H3,(H2,30,33)(H,31,36)/t15-/m1/s1. The number of nitrogens with zero attached hydrogens (tertiary/aromatic N) is 4. The third-order valence-corrected chi connectivity index (χ3v) is 6.92. The van der Waals surface area contributed by atoms with E-state index in [0.29, 0.717) is 24.3 Å². The fraction of sp³-hybridized carbons (Fsp3) is 0.308. The van der Waals surface area contributed by atoms with Gasteiger partial charge in [-0.15, -0.1) is 10.2 Å². The minimum Gasteiger partial charge on any atom is -0.482 e. The van der Waals surface area contributed by atoms with Crippen LogP contribution in [-0.2, 0) is 0 Å². The van der Waals surface area contributed by atoms with Crippen molar-refractivity contribution in [2.75, 3.05) is 44.3 Å². The molecule has 12 heteroatoms. The highest BCUT2D eigenvalue weighted by Gasteiger charge is 2.22. The first kappa shape index (κ1) is 27.6. The number of ether oxygens (including phenoxy) is 1. The molecular formula is C26H27Cl2FN6O3. The van der Waals surface area contributed by atoms with Gasteiger partial charge in [-0.05, 0) is 63.3 Å². The highest BCUT2D eigenvalue weighted by atomic mass is 35.5. The number of carbonyl (C=O) groups is 2. The van der Waals surface area contributed by atoms with E-state index < -0.39 is 17.8 Å². The summed E-state index contributed by atoms with van der Waals surface area (Å²) in [4.78, 5) is 29.8. The van der Waals surface area contributed by atoms with E-state index in [1.54, 1.807) is 31.2 Å². The molecule has 1 aromatic heterocycles. The van der Waals surface area contributed by atoms with Crippen molar-refractivity contribution in [3.8, 4) is 5.75 Å². The molecule has 0 bridgehead atoms. The largest absolute Gasteiger partial charge is 0.482 e. The molecule has 0 saturated carbocycles. The number of nitrogens with two attached hydrogens (primary N) is 1. The van der Waals surface area contributed by atoms with Gasteiger partial charge in [0.25, 0.3) is 11.8 Å². The summed E-state index contributed by atoms with van der Waals surface area (Å²) >= 11 is 12.3. The van der Waals surface area contributed by atoms with Crippen LogP contribution in [0.2, 0.25) is 10.0 Å². The Morgan fingerprint density at radius 2 is 1.82 bits per heavy atom. The van der Waals surface area contributed by atoms with E-state index in [1.165, 1.54) is 12.1 Å². The number of aromatic nitrogens is 2. The van der Waals surface area contributed by atoms with E-state index in [-0.39, 0.29) is 38.8 Å². The second kappa shape index (κ2) is 11.9. The van der Waals surface area contributed by atoms with Crippen molar-refractivity contribution in [1.29, 1.82) is 0 Å². The number of carbonyl (C=O) groups excluding carboxylic acids is 2. The van der Waals surface area contributed by atoms with E-state index in [9.17, 15) is 14.0 Å². The van der Waals surface area contributed by atoms with Crippen LogP contribution in [0.5, 0.6) is 5.75 Å². The maximum atomic E-state index is 13.9. The molecule has 9 nitrogen and oxygen atoms in total. The molecule has 1 fully saturated rings. The molecule has 1 aliphatic rings. The van der Waals surface area contributed by atoms with Gasteiger partial charge in [0.1, 0.15) is 11.9 Å². The quantitative estimate of drug-likeness (QED) is 0.421. The molecule has 0 spiro atoms. The van der Waals surface area contributed by atoms with Crippen LogP contribution in [0.3, 0.4) is 0 Å². The van der Waals surface area contributed by atoms with Gasteiger partial charge in [-0.3, -0.25) is 9.59 Å². The smallest absolute Gasteiger partial charge is 0.276 e. The summed E-state index contributed by atoms with van der Waals surface area (Å²) < 4.78 is 19.8. The Morgan fingerprint density at radius 3 is 2.55 bits per heavy atom. The molecule has 0 radical (unpaired) electrons. The van der Waals surface area contributed by atoms with E-state index >= 15 is 0 Å². The van der Waals surface area contributed by atoms with E-state index in [2.05, 4.69) is 20.4 Å². The molecule has 1 saturated heterocycles. The van der Waals surface area contributed by atoms with Crippen LogP contribution < -0.4 is 15.8 Å². The number of halogens is 3. The number of nitrogens with one attached hydrogen (secondary N) is 1. The van der Waals surface area contributed by atoms with Crippen LogP contribution in [0.1, 0.15) is 45.9 Å². The predicted molar refractivity (Wildman–Crippen MR) is 144 cm³/mol. The molecule has 2 aromatic carbocycles. The number of hydrogen-bond donors (Lipinski definition) is 2. The van der Waals surface area contributed by atoms with E-state index in [0.717, 1.165) is 25.6 Å². The van der Waals surface area contributed by atoms with Crippen molar-refractivity contribution >= 4 is 46.5 Å². The predicted octanol–water partition coefficient (Wildman–Crippen LogP) is 4.67. The summed E-state index contributed by atoms with van der Waals surface area (Å²) in [7, 11) is 2.04. The Labute approximate surface area is 229 Å². The minimum atomic E-state index is -0.803. The number of hydrogen-bond acceptors (Lipinski definition) is 7. The molecular weight excluding hydrogens is 534 g/mol. The molecule has 4 rings (SSSR count). The summed E-state index contributed by atoms with van der Waals surface area (Å²) in [5, 5.41) is 10.4. The maximum absolute atomic E-state index is 13.9. The van der Waals surface area contributed by atoms with Crippen LogP contribution >= 0.6 is 23.2 Å². The van der Waals surface area contributed by atoms with Gasteiger partial charge in [0.2, 0.25) is 0 Å². The van der Waals surface area contributed by atoms with Crippen molar-refractivity contribution in [2.45, 2.75) is 19.4 Å². The van der Waals surface area contributed by atoms with Gasteiger partial charge in [-0.25, -0.2) is 4.39 Å². The zero-order valence-corrected chi connectivity index (χ0v) is 22.4. The van der Waals surface area contributed by atoms with E-state index in [4.69, 9.17) is 33.7 Å². The Hall–Kier alpha value is -3.47. The van der Waals surface area contributed by atoms with Crippen LogP contribution in [0.25, 0.3) is 0 Å². The van der Waals surface area contributed by atoms with Crippen LogP contribution in [-0.4, -0.2) is 65.0 Å². The zero-order chi connectivity index (χ0) is 27.4. The van der Waals surface area contributed by atoms with Crippen molar-refractivity contribution in [1.82, 2.24) is 20.0 Å². The highest BCUT2D eigenvalue weighted by molar-refractivity contribution is 6.36. The molecule has 1 atom stereocenters. The fourth-order valence-electron chi connectivity index (χ4n) is 4.08. The first-order valence-electron chi connectivity index (χ1n) is 12.0. The van der Waals surface area contributed by atoms with Gasteiger partial charge in [-0.2, -0.15) is 0 Å². The molecule has 38 heavy (non-hydrogen) atoms. The molecule has 1 aliphatic heterocycles. The number of likely N-dealkylation sites (N-methyl/N-ethyl adjacent to an activating group) is 1. The second-order valence-corrected chi connectivity index (χ2v) is 9.76. The molecule has 0 unspecified atom stereocenters. The lowest BCUT2D eigenvalue weighted by atomic mass is 10.1. The summed E-state index contributed by atoms with van der Waals surface area (Å²) in [5.41, 5.74) is 7.07. The van der Waals surface area contributed by atoms with Crippen molar-refractivity contribution in [3.05, 3.63) is 75.1 Å². The summed E-state index contributed by atoms with van der Waals surface area (Å²) in [6.45, 7) is 4.78. The van der Waals surface area contributed by atoms with Crippen LogP contribution in [0.4, 0.5) is 15.9 Å². The molecule has 2 heterocycles. The van der Waals surface area contributed by atoms with Gasteiger partial charge in [0.15, 0.2) is 17.3 Å². The summed E-state index contributed by atoms with van der Waals surface area (Å²) in [6, 6.07) is 10.5. The molecule has 0 aliphatic carbocycles.